The Balaban J connectivity index is 1.55. The van der Waals surface area contributed by atoms with Gasteiger partial charge in [0.1, 0.15) is 0 Å². The number of thiophene rings is 1. The highest BCUT2D eigenvalue weighted by Crippen LogP contribution is 2.27. The molecule has 2 amide bonds. The molecule has 4 rings (SSSR count). The van der Waals surface area contributed by atoms with Gasteiger partial charge in [-0.15, -0.1) is 11.3 Å². The predicted molar refractivity (Wildman–Crippen MR) is 109 cm³/mol. The molecule has 0 fully saturated rings. The van der Waals surface area contributed by atoms with Gasteiger partial charge in [-0.05, 0) is 54.1 Å². The number of fused-ring (bicyclic) bond motifs is 1. The van der Waals surface area contributed by atoms with Crippen molar-refractivity contribution < 1.29 is 9.59 Å². The molecule has 1 aromatic carbocycles. The van der Waals surface area contributed by atoms with Crippen molar-refractivity contribution in [3.05, 3.63) is 85.5 Å². The third-order valence-electron chi connectivity index (χ3n) is 4.95. The molecule has 0 bridgehead atoms. The monoisotopic (exact) mass is 393 g/mol. The summed E-state index contributed by atoms with van der Waals surface area (Å²) < 4.78 is 0. The molecule has 0 unspecified atom stereocenters. The van der Waals surface area contributed by atoms with Crippen LogP contribution in [0.4, 0.5) is 5.69 Å². The number of nitrogens with one attached hydrogen (secondary N) is 2. The van der Waals surface area contributed by atoms with E-state index in [1.54, 1.807) is 29.5 Å². The summed E-state index contributed by atoms with van der Waals surface area (Å²) in [6.45, 7) is 3.14. The summed E-state index contributed by atoms with van der Waals surface area (Å²) >= 11 is 1.74. The number of benzene rings is 1. The van der Waals surface area contributed by atoms with Crippen LogP contribution in [0.1, 0.15) is 36.7 Å². The Hall–Kier alpha value is -3.19. The van der Waals surface area contributed by atoms with Crippen molar-refractivity contribution in [2.75, 3.05) is 11.9 Å². The van der Waals surface area contributed by atoms with E-state index in [2.05, 4.69) is 21.7 Å². The smallest absolute Gasteiger partial charge is 0.257 e. The highest BCUT2D eigenvalue weighted by Gasteiger charge is 2.24. The van der Waals surface area contributed by atoms with E-state index in [9.17, 15) is 14.4 Å². The van der Waals surface area contributed by atoms with Gasteiger partial charge < -0.3 is 15.2 Å². The molecule has 142 valence electrons. The number of pyridine rings is 1. The van der Waals surface area contributed by atoms with Crippen molar-refractivity contribution in [3.8, 4) is 0 Å². The van der Waals surface area contributed by atoms with Crippen LogP contribution in [0.2, 0.25) is 0 Å². The molecule has 1 aliphatic heterocycles. The lowest BCUT2D eigenvalue weighted by Crippen LogP contribution is -2.35. The summed E-state index contributed by atoms with van der Waals surface area (Å²) in [4.78, 5) is 42.4. The number of nitrogens with zero attached hydrogens (tertiary/aromatic N) is 1. The van der Waals surface area contributed by atoms with Crippen LogP contribution >= 0.6 is 11.3 Å². The Labute approximate surface area is 165 Å². The maximum atomic E-state index is 13.1. The zero-order chi connectivity index (χ0) is 19.7. The Morgan fingerprint density at radius 1 is 1.18 bits per heavy atom. The van der Waals surface area contributed by atoms with Crippen molar-refractivity contribution in [1.29, 1.82) is 0 Å². The Kier molecular flexibility index (Phi) is 4.83. The number of anilines is 1. The van der Waals surface area contributed by atoms with Gasteiger partial charge in [0.05, 0.1) is 5.56 Å². The van der Waals surface area contributed by atoms with E-state index in [4.69, 9.17) is 0 Å². The van der Waals surface area contributed by atoms with Gasteiger partial charge in [0.2, 0.25) is 5.56 Å². The highest BCUT2D eigenvalue weighted by atomic mass is 32.1. The van der Waals surface area contributed by atoms with Crippen LogP contribution in [0.15, 0.2) is 52.8 Å². The van der Waals surface area contributed by atoms with Gasteiger partial charge in [0.15, 0.2) is 0 Å². The maximum absolute atomic E-state index is 13.1. The molecule has 2 aromatic heterocycles. The fourth-order valence-electron chi connectivity index (χ4n) is 3.34. The van der Waals surface area contributed by atoms with E-state index in [0.29, 0.717) is 29.9 Å². The van der Waals surface area contributed by atoms with Crippen LogP contribution in [-0.4, -0.2) is 28.2 Å². The van der Waals surface area contributed by atoms with E-state index in [-0.39, 0.29) is 17.4 Å². The molecule has 2 N–H and O–H groups in total. The van der Waals surface area contributed by atoms with E-state index in [1.165, 1.54) is 28.8 Å². The van der Waals surface area contributed by atoms with E-state index in [1.807, 2.05) is 11.8 Å². The molecule has 0 saturated carbocycles. The first kappa shape index (κ1) is 18.2. The fourth-order valence-corrected chi connectivity index (χ4v) is 4.23. The van der Waals surface area contributed by atoms with Gasteiger partial charge >= 0.3 is 0 Å². The standard InChI is InChI=1S/C21H19N3O3S/c1-13-16(21(27)24-9-7-18-15(12-24)8-10-28-18)3-2-4-17(13)23-20(26)14-5-6-19(25)22-11-14/h2-6,8,10-11H,7,9,12H2,1H3,(H,22,25)(H,23,26). The fraction of sp³-hybridized carbons (Fsp3) is 0.190. The van der Waals surface area contributed by atoms with Crippen molar-refractivity contribution in [2.24, 2.45) is 0 Å². The summed E-state index contributed by atoms with van der Waals surface area (Å²) in [6, 6.07) is 10.2. The van der Waals surface area contributed by atoms with Crippen molar-refractivity contribution in [1.82, 2.24) is 9.88 Å². The van der Waals surface area contributed by atoms with Gasteiger partial charge in [0, 0.05) is 41.5 Å². The summed E-state index contributed by atoms with van der Waals surface area (Å²) in [5.74, 6) is -0.376. The first-order valence-corrected chi connectivity index (χ1v) is 9.85. The third kappa shape index (κ3) is 3.48. The molecule has 3 aromatic rings. The van der Waals surface area contributed by atoms with Crippen molar-refractivity contribution in [3.63, 3.8) is 0 Å². The summed E-state index contributed by atoms with van der Waals surface area (Å²) in [7, 11) is 0. The number of hydrogen-bond donors (Lipinski definition) is 2. The molecular formula is C21H19N3O3S. The van der Waals surface area contributed by atoms with E-state index >= 15 is 0 Å². The van der Waals surface area contributed by atoms with Gasteiger partial charge in [-0.3, -0.25) is 14.4 Å². The lowest BCUT2D eigenvalue weighted by Gasteiger charge is -2.28. The minimum Gasteiger partial charge on any atom is -0.334 e. The van der Waals surface area contributed by atoms with Gasteiger partial charge in [-0.2, -0.15) is 0 Å². The number of aromatic amines is 1. The Bertz CT molecular complexity index is 1100. The van der Waals surface area contributed by atoms with Crippen LogP contribution in [-0.2, 0) is 13.0 Å². The van der Waals surface area contributed by atoms with E-state index < -0.39 is 0 Å². The number of rotatable bonds is 3. The van der Waals surface area contributed by atoms with Crippen LogP contribution in [0, 0.1) is 6.92 Å². The van der Waals surface area contributed by atoms with E-state index in [0.717, 1.165) is 12.0 Å². The van der Waals surface area contributed by atoms with Gasteiger partial charge in [0.25, 0.3) is 11.8 Å². The molecule has 0 saturated heterocycles. The van der Waals surface area contributed by atoms with Gasteiger partial charge in [-0.1, -0.05) is 6.07 Å². The molecule has 28 heavy (non-hydrogen) atoms. The largest absolute Gasteiger partial charge is 0.334 e. The molecule has 3 heterocycles. The molecule has 6 nitrogen and oxygen atoms in total. The molecule has 0 atom stereocenters. The third-order valence-corrected chi connectivity index (χ3v) is 5.98. The minimum atomic E-state index is -0.343. The summed E-state index contributed by atoms with van der Waals surface area (Å²) in [5, 5.41) is 4.89. The first-order valence-electron chi connectivity index (χ1n) is 8.97. The Morgan fingerprint density at radius 3 is 2.82 bits per heavy atom. The van der Waals surface area contributed by atoms with Crippen LogP contribution < -0.4 is 10.9 Å². The number of H-pyrrole nitrogens is 1. The second-order valence-electron chi connectivity index (χ2n) is 6.72. The maximum Gasteiger partial charge on any atom is 0.257 e. The van der Waals surface area contributed by atoms with Crippen molar-refractivity contribution >= 4 is 28.8 Å². The topological polar surface area (TPSA) is 82.3 Å². The lowest BCUT2D eigenvalue weighted by atomic mass is 10.0. The highest BCUT2D eigenvalue weighted by molar-refractivity contribution is 7.10. The van der Waals surface area contributed by atoms with Crippen LogP contribution in [0.3, 0.4) is 0 Å². The molecular weight excluding hydrogens is 374 g/mol. The minimum absolute atomic E-state index is 0.0329. The van der Waals surface area contributed by atoms with Crippen molar-refractivity contribution in [2.45, 2.75) is 19.9 Å². The predicted octanol–water partition coefficient (Wildman–Crippen LogP) is 3.20. The van der Waals surface area contributed by atoms with Crippen LogP contribution in [0.25, 0.3) is 0 Å². The second kappa shape index (κ2) is 7.44. The number of aromatic nitrogens is 1. The zero-order valence-electron chi connectivity index (χ0n) is 15.3. The quantitative estimate of drug-likeness (QED) is 0.717. The molecule has 0 aliphatic carbocycles. The molecule has 0 radical (unpaired) electrons. The molecule has 0 spiro atoms. The zero-order valence-corrected chi connectivity index (χ0v) is 16.1. The SMILES string of the molecule is Cc1c(NC(=O)c2ccc(=O)[nH]c2)cccc1C(=O)N1CCc2sccc2C1. The summed E-state index contributed by atoms with van der Waals surface area (Å²) in [6.07, 6.45) is 2.24. The normalized spacial score (nSPS) is 13.1. The Morgan fingerprint density at radius 2 is 2.04 bits per heavy atom. The lowest BCUT2D eigenvalue weighted by molar-refractivity contribution is 0.0735. The molecule has 1 aliphatic rings. The van der Waals surface area contributed by atoms with Crippen LogP contribution in [0.5, 0.6) is 0 Å². The second-order valence-corrected chi connectivity index (χ2v) is 7.72. The first-order chi connectivity index (χ1) is 13.5. The number of amides is 2. The summed E-state index contributed by atoms with van der Waals surface area (Å²) in [5.41, 5.74) is 3.17. The average molecular weight is 393 g/mol. The average Bonchev–Trinajstić information content (AvgIpc) is 3.17. The number of carbonyl (C=O) groups excluding carboxylic acids is 2. The number of hydrogen-bond acceptors (Lipinski definition) is 4. The molecule has 7 heteroatoms. The van der Waals surface area contributed by atoms with Gasteiger partial charge in [-0.25, -0.2) is 0 Å². The number of carbonyl (C=O) groups is 2.